The highest BCUT2D eigenvalue weighted by molar-refractivity contribution is 5.91. The highest BCUT2D eigenvalue weighted by Crippen LogP contribution is 2.13. The summed E-state index contributed by atoms with van der Waals surface area (Å²) in [5.41, 5.74) is 2.97. The zero-order valence-corrected chi connectivity index (χ0v) is 14.8. The van der Waals surface area contributed by atoms with E-state index < -0.39 is 0 Å². The Labute approximate surface area is 152 Å². The van der Waals surface area contributed by atoms with Gasteiger partial charge in [0.05, 0.1) is 13.0 Å². The Balaban J connectivity index is 1.56. The van der Waals surface area contributed by atoms with Crippen LogP contribution in [0.2, 0.25) is 0 Å². The first-order chi connectivity index (χ1) is 12.5. The molecule has 0 radical (unpaired) electrons. The SMILES string of the molecule is CN(C)c1ccc(CC(=O)Nc2ccn(Cc3ccc(F)cc3)n2)cc1. The summed E-state index contributed by atoms with van der Waals surface area (Å²) in [7, 11) is 3.95. The third-order valence-corrected chi connectivity index (χ3v) is 3.98. The number of carbonyl (C=O) groups is 1. The van der Waals surface area contributed by atoms with Crippen molar-refractivity contribution in [2.24, 2.45) is 0 Å². The van der Waals surface area contributed by atoms with E-state index in [9.17, 15) is 9.18 Å². The molecule has 26 heavy (non-hydrogen) atoms. The second-order valence-electron chi connectivity index (χ2n) is 6.31. The third-order valence-electron chi connectivity index (χ3n) is 3.98. The van der Waals surface area contributed by atoms with Crippen molar-refractivity contribution >= 4 is 17.4 Å². The molecule has 3 rings (SSSR count). The summed E-state index contributed by atoms with van der Waals surface area (Å²) in [6, 6.07) is 15.9. The van der Waals surface area contributed by atoms with E-state index in [0.717, 1.165) is 16.8 Å². The fourth-order valence-electron chi connectivity index (χ4n) is 2.58. The molecule has 0 atom stereocenters. The van der Waals surface area contributed by atoms with Crippen molar-refractivity contribution in [2.45, 2.75) is 13.0 Å². The van der Waals surface area contributed by atoms with Crippen LogP contribution in [0.15, 0.2) is 60.8 Å². The molecule has 0 aliphatic rings. The monoisotopic (exact) mass is 352 g/mol. The first-order valence-electron chi connectivity index (χ1n) is 8.33. The summed E-state index contributed by atoms with van der Waals surface area (Å²) >= 11 is 0. The van der Waals surface area contributed by atoms with E-state index in [4.69, 9.17) is 0 Å². The highest BCUT2D eigenvalue weighted by Gasteiger charge is 2.07. The predicted octanol–water partition coefficient (Wildman–Crippen LogP) is 3.32. The Morgan fingerprint density at radius 3 is 2.35 bits per heavy atom. The molecule has 1 aromatic heterocycles. The molecule has 0 saturated carbocycles. The number of hydrogen-bond donors (Lipinski definition) is 1. The van der Waals surface area contributed by atoms with Gasteiger partial charge in [0.1, 0.15) is 5.82 Å². The highest BCUT2D eigenvalue weighted by atomic mass is 19.1. The van der Waals surface area contributed by atoms with Gasteiger partial charge in [0.15, 0.2) is 5.82 Å². The van der Waals surface area contributed by atoms with E-state index in [2.05, 4.69) is 10.4 Å². The summed E-state index contributed by atoms with van der Waals surface area (Å²) < 4.78 is 14.6. The van der Waals surface area contributed by atoms with Crippen LogP contribution in [0.25, 0.3) is 0 Å². The van der Waals surface area contributed by atoms with Crippen LogP contribution in [0.3, 0.4) is 0 Å². The minimum Gasteiger partial charge on any atom is -0.378 e. The topological polar surface area (TPSA) is 50.2 Å². The summed E-state index contributed by atoms with van der Waals surface area (Å²) in [5.74, 6) is 0.123. The molecule has 0 aliphatic heterocycles. The van der Waals surface area contributed by atoms with E-state index in [1.165, 1.54) is 12.1 Å². The third kappa shape index (κ3) is 4.69. The number of halogens is 1. The minimum absolute atomic E-state index is 0.116. The zero-order valence-electron chi connectivity index (χ0n) is 14.8. The summed E-state index contributed by atoms with van der Waals surface area (Å²) in [6.07, 6.45) is 2.07. The Morgan fingerprint density at radius 1 is 1.04 bits per heavy atom. The number of hydrogen-bond acceptors (Lipinski definition) is 3. The van der Waals surface area contributed by atoms with Crippen molar-refractivity contribution < 1.29 is 9.18 Å². The van der Waals surface area contributed by atoms with Crippen LogP contribution in [0, 0.1) is 5.82 Å². The van der Waals surface area contributed by atoms with Gasteiger partial charge in [0.2, 0.25) is 5.91 Å². The number of anilines is 2. The van der Waals surface area contributed by atoms with Crippen molar-refractivity contribution in [3.8, 4) is 0 Å². The smallest absolute Gasteiger partial charge is 0.229 e. The quantitative estimate of drug-likeness (QED) is 0.740. The Kier molecular flexibility index (Phi) is 5.31. The second kappa shape index (κ2) is 7.82. The molecule has 6 heteroatoms. The van der Waals surface area contributed by atoms with Gasteiger partial charge in [-0.3, -0.25) is 9.48 Å². The van der Waals surface area contributed by atoms with Crippen LogP contribution in [0.4, 0.5) is 15.9 Å². The number of aromatic nitrogens is 2. The lowest BCUT2D eigenvalue weighted by Gasteiger charge is -2.12. The van der Waals surface area contributed by atoms with E-state index in [0.29, 0.717) is 18.8 Å². The number of nitrogens with zero attached hydrogens (tertiary/aromatic N) is 3. The summed E-state index contributed by atoms with van der Waals surface area (Å²) in [4.78, 5) is 14.2. The molecule has 0 saturated heterocycles. The number of carbonyl (C=O) groups excluding carboxylic acids is 1. The van der Waals surface area contributed by atoms with Gasteiger partial charge in [-0.05, 0) is 35.4 Å². The molecule has 0 aliphatic carbocycles. The van der Waals surface area contributed by atoms with Crippen LogP contribution < -0.4 is 10.2 Å². The molecule has 0 bridgehead atoms. The molecule has 0 unspecified atom stereocenters. The van der Waals surface area contributed by atoms with Gasteiger partial charge in [0, 0.05) is 32.0 Å². The zero-order chi connectivity index (χ0) is 18.5. The molecule has 0 fully saturated rings. The molecular formula is C20H21FN4O. The lowest BCUT2D eigenvalue weighted by molar-refractivity contribution is -0.115. The molecule has 2 aromatic carbocycles. The average molecular weight is 352 g/mol. The van der Waals surface area contributed by atoms with Gasteiger partial charge in [-0.25, -0.2) is 4.39 Å². The first kappa shape index (κ1) is 17.7. The van der Waals surface area contributed by atoms with Crippen LogP contribution in [-0.2, 0) is 17.8 Å². The second-order valence-corrected chi connectivity index (χ2v) is 6.31. The van der Waals surface area contributed by atoms with E-state index in [-0.39, 0.29) is 11.7 Å². The van der Waals surface area contributed by atoms with Crippen molar-refractivity contribution in [3.63, 3.8) is 0 Å². The lowest BCUT2D eigenvalue weighted by Crippen LogP contribution is -2.15. The fourth-order valence-corrected chi connectivity index (χ4v) is 2.58. The predicted molar refractivity (Wildman–Crippen MR) is 101 cm³/mol. The van der Waals surface area contributed by atoms with Crippen molar-refractivity contribution in [1.29, 1.82) is 0 Å². The van der Waals surface area contributed by atoms with Crippen molar-refractivity contribution in [2.75, 3.05) is 24.3 Å². The van der Waals surface area contributed by atoms with E-state index in [1.807, 2.05) is 43.3 Å². The molecule has 3 aromatic rings. The van der Waals surface area contributed by atoms with Gasteiger partial charge in [0.25, 0.3) is 0 Å². The van der Waals surface area contributed by atoms with Gasteiger partial charge in [-0.15, -0.1) is 0 Å². The maximum atomic E-state index is 12.9. The Morgan fingerprint density at radius 2 is 1.69 bits per heavy atom. The lowest BCUT2D eigenvalue weighted by atomic mass is 10.1. The maximum absolute atomic E-state index is 12.9. The molecule has 5 nitrogen and oxygen atoms in total. The molecule has 1 N–H and O–H groups in total. The molecule has 1 amide bonds. The van der Waals surface area contributed by atoms with Crippen molar-refractivity contribution in [1.82, 2.24) is 9.78 Å². The molecular weight excluding hydrogens is 331 g/mol. The number of nitrogens with one attached hydrogen (secondary N) is 1. The molecule has 134 valence electrons. The largest absolute Gasteiger partial charge is 0.378 e. The number of rotatable bonds is 6. The average Bonchev–Trinajstić information content (AvgIpc) is 3.04. The Bertz CT molecular complexity index is 870. The van der Waals surface area contributed by atoms with E-state index in [1.54, 1.807) is 29.1 Å². The standard InChI is InChI=1S/C20H21FN4O/c1-24(2)18-9-5-15(6-10-18)13-20(26)22-19-11-12-25(23-19)14-16-3-7-17(21)8-4-16/h3-12H,13-14H2,1-2H3,(H,22,23,26). The van der Waals surface area contributed by atoms with Crippen LogP contribution in [0.1, 0.15) is 11.1 Å². The Hall–Kier alpha value is -3.15. The number of benzene rings is 2. The van der Waals surface area contributed by atoms with Gasteiger partial charge in [-0.2, -0.15) is 5.10 Å². The normalized spacial score (nSPS) is 10.6. The fraction of sp³-hybridized carbons (Fsp3) is 0.200. The van der Waals surface area contributed by atoms with E-state index >= 15 is 0 Å². The van der Waals surface area contributed by atoms with Crippen LogP contribution in [-0.4, -0.2) is 29.8 Å². The van der Waals surface area contributed by atoms with Crippen LogP contribution in [0.5, 0.6) is 0 Å². The molecule has 0 spiro atoms. The summed E-state index contributed by atoms with van der Waals surface area (Å²) in [5, 5.41) is 7.13. The minimum atomic E-state index is -0.263. The number of amides is 1. The first-order valence-corrected chi connectivity index (χ1v) is 8.33. The molecule has 1 heterocycles. The van der Waals surface area contributed by atoms with Crippen LogP contribution >= 0.6 is 0 Å². The maximum Gasteiger partial charge on any atom is 0.229 e. The van der Waals surface area contributed by atoms with Gasteiger partial charge >= 0.3 is 0 Å². The van der Waals surface area contributed by atoms with Crippen molar-refractivity contribution in [3.05, 3.63) is 77.7 Å². The van der Waals surface area contributed by atoms with Gasteiger partial charge in [-0.1, -0.05) is 24.3 Å². The van der Waals surface area contributed by atoms with Gasteiger partial charge < -0.3 is 10.2 Å². The summed E-state index contributed by atoms with van der Waals surface area (Å²) in [6.45, 7) is 0.516.